The standard InChI is InChI=1S/C17H23NO5/c1-2-22-16(20)13-9-6-10-14(15(13)19)18-17(21)23-11-12-7-4-3-5-8-12/h3-5,7-8,13-15,19H,2,6,9-11H2,1H3,(H,18,21)/t13-,14+,15+/m0/s1. The maximum atomic E-state index is 11.9. The quantitative estimate of drug-likeness (QED) is 0.810. The van der Waals surface area contributed by atoms with Crippen molar-refractivity contribution in [2.45, 2.75) is 44.9 Å². The molecule has 0 aliphatic heterocycles. The van der Waals surface area contributed by atoms with E-state index in [2.05, 4.69) is 5.32 Å². The molecule has 2 rings (SSSR count). The van der Waals surface area contributed by atoms with Crippen LogP contribution < -0.4 is 5.32 Å². The Morgan fingerprint density at radius 1 is 1.22 bits per heavy atom. The number of hydrogen-bond donors (Lipinski definition) is 2. The van der Waals surface area contributed by atoms with E-state index in [1.54, 1.807) is 6.92 Å². The molecule has 0 spiro atoms. The number of aliphatic hydroxyl groups excluding tert-OH is 1. The lowest BCUT2D eigenvalue weighted by Gasteiger charge is -2.33. The van der Waals surface area contributed by atoms with Crippen LogP contribution in [0.2, 0.25) is 0 Å². The van der Waals surface area contributed by atoms with Crippen LogP contribution in [0.3, 0.4) is 0 Å². The van der Waals surface area contributed by atoms with Crippen LogP contribution in [-0.2, 0) is 20.9 Å². The van der Waals surface area contributed by atoms with Gasteiger partial charge in [-0.05, 0) is 25.3 Å². The second-order valence-corrected chi connectivity index (χ2v) is 5.59. The molecule has 3 atom stereocenters. The van der Waals surface area contributed by atoms with Crippen molar-refractivity contribution in [1.29, 1.82) is 0 Å². The largest absolute Gasteiger partial charge is 0.466 e. The third-order valence-electron chi connectivity index (χ3n) is 3.96. The van der Waals surface area contributed by atoms with Crippen molar-refractivity contribution in [3.05, 3.63) is 35.9 Å². The summed E-state index contributed by atoms with van der Waals surface area (Å²) in [5.74, 6) is -1.01. The van der Waals surface area contributed by atoms with E-state index in [-0.39, 0.29) is 13.2 Å². The second-order valence-electron chi connectivity index (χ2n) is 5.59. The Labute approximate surface area is 135 Å². The predicted octanol–water partition coefficient (Wildman–Crippen LogP) is 2.01. The van der Waals surface area contributed by atoms with Gasteiger partial charge in [0.2, 0.25) is 0 Å². The van der Waals surface area contributed by atoms with Crippen molar-refractivity contribution in [1.82, 2.24) is 5.32 Å². The SMILES string of the molecule is CCOC(=O)[C@H]1CCC[C@@H](NC(=O)OCc2ccccc2)[C@@H]1O. The van der Waals surface area contributed by atoms with Gasteiger partial charge >= 0.3 is 12.1 Å². The highest BCUT2D eigenvalue weighted by atomic mass is 16.5. The van der Waals surface area contributed by atoms with E-state index in [4.69, 9.17) is 9.47 Å². The molecule has 6 heteroatoms. The van der Waals surface area contributed by atoms with Gasteiger partial charge in [-0.2, -0.15) is 0 Å². The minimum Gasteiger partial charge on any atom is -0.466 e. The van der Waals surface area contributed by atoms with E-state index < -0.39 is 30.1 Å². The summed E-state index contributed by atoms with van der Waals surface area (Å²) in [7, 11) is 0. The van der Waals surface area contributed by atoms with Gasteiger partial charge in [0, 0.05) is 0 Å². The molecular formula is C17H23NO5. The molecule has 0 saturated heterocycles. The van der Waals surface area contributed by atoms with Gasteiger partial charge < -0.3 is 19.9 Å². The van der Waals surface area contributed by atoms with E-state index in [0.717, 1.165) is 12.0 Å². The molecule has 1 amide bonds. The van der Waals surface area contributed by atoms with Crippen molar-refractivity contribution in [3.63, 3.8) is 0 Å². The normalized spacial score (nSPS) is 23.8. The maximum Gasteiger partial charge on any atom is 0.407 e. The molecule has 23 heavy (non-hydrogen) atoms. The number of ether oxygens (including phenoxy) is 2. The van der Waals surface area contributed by atoms with Crippen LogP contribution in [0.25, 0.3) is 0 Å². The fourth-order valence-electron chi connectivity index (χ4n) is 2.76. The zero-order valence-corrected chi connectivity index (χ0v) is 13.2. The van der Waals surface area contributed by atoms with Gasteiger partial charge in [0.1, 0.15) is 6.61 Å². The van der Waals surface area contributed by atoms with E-state index >= 15 is 0 Å². The molecule has 0 unspecified atom stereocenters. The molecule has 1 aliphatic rings. The first-order chi connectivity index (χ1) is 11.1. The Hall–Kier alpha value is -2.08. The molecule has 0 radical (unpaired) electrons. The summed E-state index contributed by atoms with van der Waals surface area (Å²) in [5, 5.41) is 12.9. The molecule has 2 N–H and O–H groups in total. The van der Waals surface area contributed by atoms with Gasteiger partial charge in [-0.15, -0.1) is 0 Å². The summed E-state index contributed by atoms with van der Waals surface area (Å²) in [4.78, 5) is 23.7. The number of carbonyl (C=O) groups excluding carboxylic acids is 2. The predicted molar refractivity (Wildman–Crippen MR) is 83.5 cm³/mol. The Morgan fingerprint density at radius 2 is 1.96 bits per heavy atom. The zero-order valence-electron chi connectivity index (χ0n) is 13.2. The van der Waals surface area contributed by atoms with Crippen LogP contribution in [0, 0.1) is 5.92 Å². The Bertz CT molecular complexity index is 519. The number of nitrogens with one attached hydrogen (secondary N) is 1. The highest BCUT2D eigenvalue weighted by molar-refractivity contribution is 5.74. The Kier molecular flexibility index (Phi) is 6.40. The smallest absolute Gasteiger partial charge is 0.407 e. The summed E-state index contributed by atoms with van der Waals surface area (Å²) in [6.07, 6.45) is 0.369. The average Bonchev–Trinajstić information content (AvgIpc) is 2.56. The summed E-state index contributed by atoms with van der Waals surface area (Å²) < 4.78 is 10.1. The Morgan fingerprint density at radius 3 is 2.65 bits per heavy atom. The van der Waals surface area contributed by atoms with E-state index in [1.165, 1.54) is 0 Å². The third-order valence-corrected chi connectivity index (χ3v) is 3.96. The van der Waals surface area contributed by atoms with Gasteiger partial charge in [-0.3, -0.25) is 4.79 Å². The number of aliphatic hydroxyl groups is 1. The number of alkyl carbamates (subject to hydrolysis) is 1. The van der Waals surface area contributed by atoms with Crippen molar-refractivity contribution < 1.29 is 24.2 Å². The second kappa shape index (κ2) is 8.53. The summed E-state index contributed by atoms with van der Waals surface area (Å²) >= 11 is 0. The van der Waals surface area contributed by atoms with E-state index in [1.807, 2.05) is 30.3 Å². The van der Waals surface area contributed by atoms with Crippen LogP contribution in [-0.4, -0.2) is 35.9 Å². The summed E-state index contributed by atoms with van der Waals surface area (Å²) in [5.41, 5.74) is 0.885. The number of amides is 1. The van der Waals surface area contributed by atoms with Gasteiger partial charge in [-0.25, -0.2) is 4.79 Å². The highest BCUT2D eigenvalue weighted by Crippen LogP contribution is 2.26. The molecular weight excluding hydrogens is 298 g/mol. The molecule has 0 aromatic heterocycles. The van der Waals surface area contributed by atoms with Crippen molar-refractivity contribution in [2.24, 2.45) is 5.92 Å². The van der Waals surface area contributed by atoms with Crippen molar-refractivity contribution in [2.75, 3.05) is 6.61 Å². The fraction of sp³-hybridized carbons (Fsp3) is 0.529. The number of esters is 1. The van der Waals surface area contributed by atoms with Crippen LogP contribution >= 0.6 is 0 Å². The van der Waals surface area contributed by atoms with Gasteiger partial charge in [0.25, 0.3) is 0 Å². The minimum absolute atomic E-state index is 0.163. The van der Waals surface area contributed by atoms with Crippen LogP contribution in [0.15, 0.2) is 30.3 Å². The lowest BCUT2D eigenvalue weighted by atomic mass is 9.83. The Balaban J connectivity index is 1.83. The molecule has 1 aromatic rings. The van der Waals surface area contributed by atoms with Crippen LogP contribution in [0.1, 0.15) is 31.7 Å². The van der Waals surface area contributed by atoms with E-state index in [0.29, 0.717) is 12.8 Å². The summed E-state index contributed by atoms with van der Waals surface area (Å²) in [6.45, 7) is 2.17. The molecule has 0 heterocycles. The number of benzene rings is 1. The molecule has 0 bridgehead atoms. The average molecular weight is 321 g/mol. The lowest BCUT2D eigenvalue weighted by molar-refractivity contribution is -0.154. The van der Waals surface area contributed by atoms with Crippen molar-refractivity contribution >= 4 is 12.1 Å². The highest BCUT2D eigenvalue weighted by Gasteiger charge is 2.38. The first-order valence-corrected chi connectivity index (χ1v) is 7.93. The van der Waals surface area contributed by atoms with Crippen LogP contribution in [0.5, 0.6) is 0 Å². The first kappa shape index (κ1) is 17.3. The lowest BCUT2D eigenvalue weighted by Crippen LogP contribution is -2.51. The van der Waals surface area contributed by atoms with Gasteiger partial charge in [0.15, 0.2) is 0 Å². The molecule has 1 saturated carbocycles. The zero-order chi connectivity index (χ0) is 16.7. The third kappa shape index (κ3) is 4.96. The molecule has 126 valence electrons. The monoisotopic (exact) mass is 321 g/mol. The molecule has 1 fully saturated rings. The van der Waals surface area contributed by atoms with Gasteiger partial charge in [-0.1, -0.05) is 36.8 Å². The number of carbonyl (C=O) groups is 2. The minimum atomic E-state index is -0.952. The fourth-order valence-corrected chi connectivity index (χ4v) is 2.76. The molecule has 1 aromatic carbocycles. The first-order valence-electron chi connectivity index (χ1n) is 7.93. The van der Waals surface area contributed by atoms with E-state index in [9.17, 15) is 14.7 Å². The number of rotatable bonds is 5. The summed E-state index contributed by atoms with van der Waals surface area (Å²) in [6, 6.07) is 8.84. The molecule has 6 nitrogen and oxygen atoms in total. The maximum absolute atomic E-state index is 11.9. The topological polar surface area (TPSA) is 84.9 Å². The van der Waals surface area contributed by atoms with Gasteiger partial charge in [0.05, 0.1) is 24.7 Å². The number of hydrogen-bond acceptors (Lipinski definition) is 5. The van der Waals surface area contributed by atoms with Crippen LogP contribution in [0.4, 0.5) is 4.79 Å². The van der Waals surface area contributed by atoms with Crippen molar-refractivity contribution in [3.8, 4) is 0 Å². The molecule has 1 aliphatic carbocycles.